The summed E-state index contributed by atoms with van der Waals surface area (Å²) in [5, 5.41) is 3.84. The lowest BCUT2D eigenvalue weighted by molar-refractivity contribution is 0.0596. The van der Waals surface area contributed by atoms with Crippen LogP contribution in [-0.2, 0) is 17.8 Å². The number of benzene rings is 3. The number of carbonyl (C=O) groups is 2. The van der Waals surface area contributed by atoms with Crippen molar-refractivity contribution in [3.63, 3.8) is 0 Å². The number of halogens is 1. The Labute approximate surface area is 220 Å². The van der Waals surface area contributed by atoms with Crippen molar-refractivity contribution in [3.8, 4) is 5.75 Å². The molecule has 194 valence electrons. The fourth-order valence-electron chi connectivity index (χ4n) is 4.60. The fourth-order valence-corrected chi connectivity index (χ4v) is 4.60. The molecule has 8 heteroatoms. The third-order valence-electron chi connectivity index (χ3n) is 6.57. The minimum absolute atomic E-state index is 0.146. The summed E-state index contributed by atoms with van der Waals surface area (Å²) < 4.78 is 24.6. The van der Waals surface area contributed by atoms with Crippen molar-refractivity contribution in [1.82, 2.24) is 15.2 Å². The Morgan fingerprint density at radius 1 is 0.947 bits per heavy atom. The van der Waals surface area contributed by atoms with Crippen molar-refractivity contribution in [2.24, 2.45) is 0 Å². The van der Waals surface area contributed by atoms with Gasteiger partial charge in [-0.25, -0.2) is 9.18 Å². The molecule has 0 radical (unpaired) electrons. The molecule has 0 unspecified atom stereocenters. The summed E-state index contributed by atoms with van der Waals surface area (Å²) in [5.74, 6) is -0.829. The first-order chi connectivity index (χ1) is 18.5. The standard InChI is InChI=1S/C30H28FN3O4/c1-37-30(36)26-17-25(29(35)34-13-11-32-12-14-34)24-16-22(15-20-7-9-23(31)10-8-20)18-33-27(24)28(26)38-19-21-5-3-2-4-6-21/h2-10,16-18,32H,11-15,19H2,1H3. The van der Waals surface area contributed by atoms with E-state index in [0.717, 1.165) is 16.7 Å². The molecule has 1 aliphatic rings. The summed E-state index contributed by atoms with van der Waals surface area (Å²) in [5.41, 5.74) is 3.60. The summed E-state index contributed by atoms with van der Waals surface area (Å²) in [4.78, 5) is 33.0. The highest BCUT2D eigenvalue weighted by Gasteiger charge is 2.27. The van der Waals surface area contributed by atoms with Crippen LogP contribution >= 0.6 is 0 Å². The van der Waals surface area contributed by atoms with Crippen LogP contribution in [0.25, 0.3) is 10.9 Å². The van der Waals surface area contributed by atoms with Crippen molar-refractivity contribution in [2.75, 3.05) is 33.3 Å². The quantitative estimate of drug-likeness (QED) is 0.370. The largest absolute Gasteiger partial charge is 0.486 e. The second-order valence-corrected chi connectivity index (χ2v) is 9.15. The number of carbonyl (C=O) groups excluding carboxylic acids is 2. The molecule has 0 atom stereocenters. The molecular weight excluding hydrogens is 485 g/mol. The number of nitrogens with one attached hydrogen (secondary N) is 1. The Morgan fingerprint density at radius 3 is 2.39 bits per heavy atom. The van der Waals surface area contributed by atoms with Gasteiger partial charge < -0.3 is 19.7 Å². The van der Waals surface area contributed by atoms with Gasteiger partial charge in [-0.3, -0.25) is 9.78 Å². The molecule has 0 saturated carbocycles. The van der Waals surface area contributed by atoms with Gasteiger partial charge in [0.15, 0.2) is 5.75 Å². The number of piperazine rings is 1. The lowest BCUT2D eigenvalue weighted by Gasteiger charge is -2.28. The van der Waals surface area contributed by atoms with E-state index in [2.05, 4.69) is 10.3 Å². The summed E-state index contributed by atoms with van der Waals surface area (Å²) in [6.45, 7) is 2.72. The van der Waals surface area contributed by atoms with Gasteiger partial charge in [0.1, 0.15) is 23.5 Å². The van der Waals surface area contributed by atoms with Crippen molar-refractivity contribution in [3.05, 3.63) is 107 Å². The van der Waals surface area contributed by atoms with Gasteiger partial charge in [-0.1, -0.05) is 42.5 Å². The van der Waals surface area contributed by atoms with Crippen LogP contribution in [-0.4, -0.2) is 55.0 Å². The number of aromatic nitrogens is 1. The smallest absolute Gasteiger partial charge is 0.341 e. The van der Waals surface area contributed by atoms with E-state index in [0.29, 0.717) is 49.1 Å². The van der Waals surface area contributed by atoms with Crippen molar-refractivity contribution < 1.29 is 23.5 Å². The van der Waals surface area contributed by atoms with Gasteiger partial charge in [-0.2, -0.15) is 0 Å². The zero-order chi connectivity index (χ0) is 26.5. The Bertz CT molecular complexity index is 1450. The third-order valence-corrected chi connectivity index (χ3v) is 6.57. The van der Waals surface area contributed by atoms with Gasteiger partial charge in [0.05, 0.1) is 12.7 Å². The van der Waals surface area contributed by atoms with E-state index in [4.69, 9.17) is 9.47 Å². The molecule has 38 heavy (non-hydrogen) atoms. The van der Waals surface area contributed by atoms with Gasteiger partial charge in [0, 0.05) is 37.8 Å². The monoisotopic (exact) mass is 513 g/mol. The van der Waals surface area contributed by atoms with Crippen LogP contribution < -0.4 is 10.1 Å². The van der Waals surface area contributed by atoms with E-state index in [-0.39, 0.29) is 29.6 Å². The predicted octanol–water partition coefficient (Wildman–Crippen LogP) is 4.38. The molecule has 0 aliphatic carbocycles. The van der Waals surface area contributed by atoms with Crippen LogP contribution in [0.5, 0.6) is 5.75 Å². The Balaban J connectivity index is 1.63. The highest BCUT2D eigenvalue weighted by molar-refractivity contribution is 6.11. The number of pyridine rings is 1. The molecule has 1 saturated heterocycles. The van der Waals surface area contributed by atoms with Gasteiger partial charge in [-0.15, -0.1) is 0 Å². The molecule has 3 aromatic carbocycles. The summed E-state index contributed by atoms with van der Waals surface area (Å²) >= 11 is 0. The maximum Gasteiger partial charge on any atom is 0.341 e. The van der Waals surface area contributed by atoms with Gasteiger partial charge >= 0.3 is 5.97 Å². The Kier molecular flexibility index (Phi) is 7.60. The Morgan fingerprint density at radius 2 is 1.68 bits per heavy atom. The van der Waals surface area contributed by atoms with Crippen LogP contribution in [0.2, 0.25) is 0 Å². The minimum atomic E-state index is -0.610. The maximum atomic E-state index is 13.7. The molecule has 1 fully saturated rings. The van der Waals surface area contributed by atoms with Crippen LogP contribution in [0, 0.1) is 5.82 Å². The van der Waals surface area contributed by atoms with Crippen LogP contribution in [0.3, 0.4) is 0 Å². The number of ether oxygens (including phenoxy) is 2. The first-order valence-corrected chi connectivity index (χ1v) is 12.5. The van der Waals surface area contributed by atoms with E-state index < -0.39 is 5.97 Å². The zero-order valence-corrected chi connectivity index (χ0v) is 21.1. The van der Waals surface area contributed by atoms with Crippen molar-refractivity contribution in [2.45, 2.75) is 13.0 Å². The molecule has 4 aromatic rings. The summed E-state index contributed by atoms with van der Waals surface area (Å²) in [6, 6.07) is 19.3. The number of esters is 1. The van der Waals surface area contributed by atoms with E-state index in [1.54, 1.807) is 29.3 Å². The molecule has 1 aromatic heterocycles. The molecule has 7 nitrogen and oxygen atoms in total. The average molecular weight is 514 g/mol. The number of nitrogens with zero attached hydrogens (tertiary/aromatic N) is 2. The first-order valence-electron chi connectivity index (χ1n) is 12.5. The van der Waals surface area contributed by atoms with E-state index in [1.807, 2.05) is 36.4 Å². The van der Waals surface area contributed by atoms with Gasteiger partial charge in [-0.05, 0) is 47.4 Å². The normalized spacial score (nSPS) is 13.4. The number of methoxy groups -OCH3 is 1. The number of fused-ring (bicyclic) bond motifs is 1. The lowest BCUT2D eigenvalue weighted by Crippen LogP contribution is -2.46. The third kappa shape index (κ3) is 5.50. The molecule has 0 spiro atoms. The van der Waals surface area contributed by atoms with Crippen LogP contribution in [0.15, 0.2) is 72.9 Å². The summed E-state index contributed by atoms with van der Waals surface area (Å²) in [7, 11) is 1.30. The SMILES string of the molecule is COC(=O)c1cc(C(=O)N2CCNCC2)c2cc(Cc3ccc(F)cc3)cnc2c1OCc1ccccc1. The molecular formula is C30H28FN3O4. The number of amides is 1. The minimum Gasteiger partial charge on any atom is -0.486 e. The summed E-state index contributed by atoms with van der Waals surface area (Å²) in [6.07, 6.45) is 2.20. The van der Waals surface area contributed by atoms with Crippen molar-refractivity contribution >= 4 is 22.8 Å². The predicted molar refractivity (Wildman–Crippen MR) is 142 cm³/mol. The van der Waals surface area contributed by atoms with Gasteiger partial charge in [0.2, 0.25) is 0 Å². The van der Waals surface area contributed by atoms with E-state index in [9.17, 15) is 14.0 Å². The molecule has 1 aliphatic heterocycles. The highest BCUT2D eigenvalue weighted by Crippen LogP contribution is 2.34. The molecule has 0 bridgehead atoms. The topological polar surface area (TPSA) is 80.8 Å². The second kappa shape index (κ2) is 11.4. The highest BCUT2D eigenvalue weighted by atomic mass is 19.1. The molecule has 1 amide bonds. The number of rotatable bonds is 7. The number of hydrogen-bond donors (Lipinski definition) is 1. The van der Waals surface area contributed by atoms with E-state index in [1.165, 1.54) is 19.2 Å². The van der Waals surface area contributed by atoms with Crippen LogP contribution in [0.4, 0.5) is 4.39 Å². The zero-order valence-electron chi connectivity index (χ0n) is 21.1. The first kappa shape index (κ1) is 25.4. The fraction of sp³-hybridized carbons (Fsp3) is 0.233. The maximum absolute atomic E-state index is 13.7. The Hall–Kier alpha value is -4.30. The number of hydrogen-bond acceptors (Lipinski definition) is 6. The lowest BCUT2D eigenvalue weighted by atomic mass is 9.98. The van der Waals surface area contributed by atoms with E-state index >= 15 is 0 Å². The second-order valence-electron chi connectivity index (χ2n) is 9.15. The molecule has 1 N–H and O–H groups in total. The van der Waals surface area contributed by atoms with Crippen molar-refractivity contribution in [1.29, 1.82) is 0 Å². The molecule has 5 rings (SSSR count). The molecule has 2 heterocycles. The van der Waals surface area contributed by atoms with Gasteiger partial charge in [0.25, 0.3) is 5.91 Å². The average Bonchev–Trinajstić information content (AvgIpc) is 2.97. The van der Waals surface area contributed by atoms with Crippen LogP contribution in [0.1, 0.15) is 37.4 Å².